The molecule has 0 radical (unpaired) electrons. The summed E-state index contributed by atoms with van der Waals surface area (Å²) >= 11 is 0. The number of aromatic nitrogens is 2. The molecule has 0 bridgehead atoms. The molecule has 0 aliphatic heterocycles. The highest BCUT2D eigenvalue weighted by atomic mass is 16.1. The summed E-state index contributed by atoms with van der Waals surface area (Å²) in [6.45, 7) is 8.63. The summed E-state index contributed by atoms with van der Waals surface area (Å²) in [6.07, 6.45) is 3.17. The number of Topliss-reactive ketones (excluding diaryl/α,β-unsaturated/α-hetero) is 1. The fourth-order valence-electron chi connectivity index (χ4n) is 2.61. The van der Waals surface area contributed by atoms with Crippen molar-refractivity contribution in [1.82, 2.24) is 9.78 Å². The molecule has 0 saturated heterocycles. The standard InChI is InChI=1S/C19H23N3O2/c1-5-21(6-2)19-17(13-12-14(3)23)18(15(4)24)20-22(19)16-10-8-7-9-11-16/h7-13H,5-6H2,1-4H3/b13-12+. The third kappa shape index (κ3) is 3.62. The summed E-state index contributed by atoms with van der Waals surface area (Å²) < 4.78 is 1.78. The quantitative estimate of drug-likeness (QED) is 0.577. The second-order valence-corrected chi connectivity index (χ2v) is 5.51. The minimum Gasteiger partial charge on any atom is -0.357 e. The summed E-state index contributed by atoms with van der Waals surface area (Å²) in [5, 5.41) is 4.54. The van der Waals surface area contributed by atoms with Crippen molar-refractivity contribution in [2.75, 3.05) is 18.0 Å². The lowest BCUT2D eigenvalue weighted by Gasteiger charge is -2.23. The van der Waals surface area contributed by atoms with Gasteiger partial charge in [-0.1, -0.05) is 18.2 Å². The zero-order valence-corrected chi connectivity index (χ0v) is 14.6. The lowest BCUT2D eigenvalue weighted by molar-refractivity contribution is -0.112. The molecule has 0 atom stereocenters. The van der Waals surface area contributed by atoms with E-state index in [1.807, 2.05) is 30.3 Å². The molecule has 0 spiro atoms. The highest BCUT2D eigenvalue weighted by Crippen LogP contribution is 2.29. The Morgan fingerprint density at radius 3 is 2.25 bits per heavy atom. The second-order valence-electron chi connectivity index (χ2n) is 5.51. The first kappa shape index (κ1) is 17.7. The molecule has 5 heteroatoms. The van der Waals surface area contributed by atoms with Crippen molar-refractivity contribution in [2.45, 2.75) is 27.7 Å². The topological polar surface area (TPSA) is 55.2 Å². The third-order valence-electron chi connectivity index (χ3n) is 3.78. The molecule has 24 heavy (non-hydrogen) atoms. The average Bonchev–Trinajstić information content (AvgIpc) is 2.95. The predicted molar refractivity (Wildman–Crippen MR) is 96.8 cm³/mol. The maximum Gasteiger partial charge on any atom is 0.180 e. The van der Waals surface area contributed by atoms with E-state index in [1.165, 1.54) is 19.9 Å². The van der Waals surface area contributed by atoms with Crippen molar-refractivity contribution in [1.29, 1.82) is 0 Å². The number of benzene rings is 1. The molecule has 126 valence electrons. The molecule has 1 aromatic carbocycles. The Morgan fingerprint density at radius 1 is 1.12 bits per heavy atom. The van der Waals surface area contributed by atoms with Crippen LogP contribution in [0.25, 0.3) is 11.8 Å². The van der Waals surface area contributed by atoms with E-state index < -0.39 is 0 Å². The van der Waals surface area contributed by atoms with Crippen LogP contribution in [0.15, 0.2) is 36.4 Å². The number of para-hydroxylation sites is 1. The first-order valence-electron chi connectivity index (χ1n) is 8.12. The number of anilines is 1. The van der Waals surface area contributed by atoms with E-state index in [4.69, 9.17) is 0 Å². The van der Waals surface area contributed by atoms with Gasteiger partial charge in [0.2, 0.25) is 0 Å². The van der Waals surface area contributed by atoms with Crippen LogP contribution < -0.4 is 4.90 Å². The fraction of sp³-hybridized carbons (Fsp3) is 0.316. The van der Waals surface area contributed by atoms with Gasteiger partial charge in [0.15, 0.2) is 11.6 Å². The second kappa shape index (κ2) is 7.73. The Hall–Kier alpha value is -2.69. The summed E-state index contributed by atoms with van der Waals surface area (Å²) in [6, 6.07) is 9.69. The molecule has 0 amide bonds. The van der Waals surface area contributed by atoms with Gasteiger partial charge in [0.25, 0.3) is 0 Å². The zero-order chi connectivity index (χ0) is 17.7. The van der Waals surface area contributed by atoms with Crippen LogP contribution in [-0.2, 0) is 4.79 Å². The molecule has 0 unspecified atom stereocenters. The van der Waals surface area contributed by atoms with Crippen molar-refractivity contribution >= 4 is 23.5 Å². The van der Waals surface area contributed by atoms with E-state index in [-0.39, 0.29) is 11.6 Å². The lowest BCUT2D eigenvalue weighted by atomic mass is 10.1. The molecular weight excluding hydrogens is 302 g/mol. The Kier molecular flexibility index (Phi) is 5.68. The Bertz CT molecular complexity index is 756. The molecule has 2 aromatic rings. The van der Waals surface area contributed by atoms with E-state index in [0.717, 1.165) is 24.6 Å². The molecule has 1 aromatic heterocycles. The molecular formula is C19H23N3O2. The van der Waals surface area contributed by atoms with Crippen molar-refractivity contribution in [3.63, 3.8) is 0 Å². The van der Waals surface area contributed by atoms with Crippen molar-refractivity contribution < 1.29 is 9.59 Å². The highest BCUT2D eigenvalue weighted by molar-refractivity contribution is 6.00. The zero-order valence-electron chi connectivity index (χ0n) is 14.6. The minimum atomic E-state index is -0.124. The maximum atomic E-state index is 12.1. The van der Waals surface area contributed by atoms with Gasteiger partial charge < -0.3 is 4.90 Å². The summed E-state index contributed by atoms with van der Waals surface area (Å²) in [7, 11) is 0. The van der Waals surface area contributed by atoms with Gasteiger partial charge >= 0.3 is 0 Å². The van der Waals surface area contributed by atoms with Gasteiger partial charge in [-0.3, -0.25) is 9.59 Å². The predicted octanol–water partition coefficient (Wildman–Crippen LogP) is 3.52. The molecule has 0 aliphatic carbocycles. The van der Waals surface area contributed by atoms with Gasteiger partial charge in [0.05, 0.1) is 5.69 Å². The molecule has 2 rings (SSSR count). The SMILES string of the molecule is CCN(CC)c1c(/C=C/C(C)=O)c(C(C)=O)nn1-c1ccccc1. The molecule has 0 saturated carbocycles. The number of allylic oxidation sites excluding steroid dienone is 1. The van der Waals surface area contributed by atoms with Crippen LogP contribution in [0.4, 0.5) is 5.82 Å². The van der Waals surface area contributed by atoms with E-state index in [0.29, 0.717) is 11.3 Å². The Labute approximate surface area is 142 Å². The summed E-state index contributed by atoms with van der Waals surface area (Å²) in [4.78, 5) is 25.6. The molecule has 1 heterocycles. The number of hydrogen-bond donors (Lipinski definition) is 0. The number of ketones is 2. The van der Waals surface area contributed by atoms with Crippen LogP contribution in [0, 0.1) is 0 Å². The normalized spacial score (nSPS) is 11.0. The van der Waals surface area contributed by atoms with Crippen LogP contribution in [0.1, 0.15) is 43.7 Å². The van der Waals surface area contributed by atoms with Crippen LogP contribution in [0.3, 0.4) is 0 Å². The van der Waals surface area contributed by atoms with Crippen LogP contribution in [0.2, 0.25) is 0 Å². The van der Waals surface area contributed by atoms with Gasteiger partial charge in [-0.25, -0.2) is 4.68 Å². The van der Waals surface area contributed by atoms with Crippen molar-refractivity contribution in [3.8, 4) is 5.69 Å². The average molecular weight is 325 g/mol. The minimum absolute atomic E-state index is 0.0672. The number of rotatable bonds is 7. The summed E-state index contributed by atoms with van der Waals surface area (Å²) in [5.74, 6) is 0.637. The molecule has 0 N–H and O–H groups in total. The number of carbonyl (C=O) groups is 2. The van der Waals surface area contributed by atoms with Gasteiger partial charge in [-0.2, -0.15) is 5.10 Å². The molecule has 0 aliphatic rings. The number of carbonyl (C=O) groups excluding carboxylic acids is 2. The third-order valence-corrected chi connectivity index (χ3v) is 3.78. The lowest BCUT2D eigenvalue weighted by Crippen LogP contribution is -2.25. The Balaban J connectivity index is 2.77. The van der Waals surface area contributed by atoms with Crippen molar-refractivity contribution in [2.24, 2.45) is 0 Å². The van der Waals surface area contributed by atoms with E-state index in [2.05, 4.69) is 23.8 Å². The number of nitrogens with zero attached hydrogens (tertiary/aromatic N) is 3. The van der Waals surface area contributed by atoms with E-state index in [1.54, 1.807) is 10.8 Å². The monoisotopic (exact) mass is 325 g/mol. The molecule has 0 fully saturated rings. The van der Waals surface area contributed by atoms with Crippen LogP contribution >= 0.6 is 0 Å². The van der Waals surface area contributed by atoms with Crippen molar-refractivity contribution in [3.05, 3.63) is 47.7 Å². The Morgan fingerprint density at radius 2 is 1.75 bits per heavy atom. The van der Waals surface area contributed by atoms with Crippen LogP contribution in [0.5, 0.6) is 0 Å². The smallest absolute Gasteiger partial charge is 0.180 e. The first-order valence-corrected chi connectivity index (χ1v) is 8.12. The van der Waals surface area contributed by atoms with Crippen LogP contribution in [-0.4, -0.2) is 34.4 Å². The van der Waals surface area contributed by atoms with E-state index >= 15 is 0 Å². The first-order chi connectivity index (χ1) is 11.5. The van der Waals surface area contributed by atoms with Gasteiger partial charge in [0, 0.05) is 25.6 Å². The fourth-order valence-corrected chi connectivity index (χ4v) is 2.61. The van der Waals surface area contributed by atoms with Gasteiger partial charge in [-0.15, -0.1) is 0 Å². The number of hydrogen-bond acceptors (Lipinski definition) is 4. The van der Waals surface area contributed by atoms with Gasteiger partial charge in [-0.05, 0) is 45.1 Å². The molecule has 5 nitrogen and oxygen atoms in total. The maximum absolute atomic E-state index is 12.1. The summed E-state index contributed by atoms with van der Waals surface area (Å²) in [5.41, 5.74) is 1.94. The highest BCUT2D eigenvalue weighted by Gasteiger charge is 2.23. The largest absolute Gasteiger partial charge is 0.357 e. The van der Waals surface area contributed by atoms with E-state index in [9.17, 15) is 9.59 Å². The van der Waals surface area contributed by atoms with Gasteiger partial charge in [0.1, 0.15) is 11.5 Å².